The summed E-state index contributed by atoms with van der Waals surface area (Å²) in [5.74, 6) is -1.66. The summed E-state index contributed by atoms with van der Waals surface area (Å²) in [7, 11) is 0. The second kappa shape index (κ2) is 10.7. The first-order chi connectivity index (χ1) is 18.1. The summed E-state index contributed by atoms with van der Waals surface area (Å²) >= 11 is 0. The maximum Gasteiger partial charge on any atom is 0.340 e. The van der Waals surface area contributed by atoms with Crippen LogP contribution in [0.15, 0.2) is 114 Å². The number of pyridine rings is 2. The molecule has 8 nitrogen and oxygen atoms in total. The van der Waals surface area contributed by atoms with Crippen LogP contribution in [0.3, 0.4) is 0 Å². The predicted octanol–water partition coefficient (Wildman–Crippen LogP) is 6.66. The highest BCUT2D eigenvalue weighted by Crippen LogP contribution is 2.39. The van der Waals surface area contributed by atoms with Gasteiger partial charge in [-0.15, -0.1) is 10.2 Å². The van der Waals surface area contributed by atoms with Crippen LogP contribution in [0.2, 0.25) is 0 Å². The molecule has 0 saturated heterocycles. The standard InChI is InChI=1S/C29H23N5O3/c35-28-25(17-20-9-1-2-12-23(20)27(28)29(36)37)33-32-24-13-3-4-14-26(24)34(18-21-10-5-7-15-30-21)19-22-11-6-8-16-31-22/h1-17,35H,18-19H2,(H,36,37)/b33-32+. The van der Waals surface area contributed by atoms with Crippen LogP contribution in [-0.4, -0.2) is 26.2 Å². The Kier molecular flexibility index (Phi) is 6.80. The lowest BCUT2D eigenvalue weighted by molar-refractivity contribution is 0.0696. The van der Waals surface area contributed by atoms with Crippen LogP contribution < -0.4 is 4.90 Å². The monoisotopic (exact) mass is 489 g/mol. The fraction of sp³-hybridized carbons (Fsp3) is 0.0690. The van der Waals surface area contributed by atoms with Gasteiger partial charge in [0.05, 0.1) is 30.2 Å². The van der Waals surface area contributed by atoms with Gasteiger partial charge in [-0.2, -0.15) is 0 Å². The number of fused-ring (bicyclic) bond motifs is 1. The molecule has 0 spiro atoms. The van der Waals surface area contributed by atoms with Crippen LogP contribution in [0.1, 0.15) is 21.7 Å². The third kappa shape index (κ3) is 5.28. The molecule has 8 heteroatoms. The molecule has 0 aliphatic carbocycles. The summed E-state index contributed by atoms with van der Waals surface area (Å²) in [4.78, 5) is 22.9. The number of aromatic nitrogens is 2. The fourth-order valence-electron chi connectivity index (χ4n) is 4.14. The molecule has 0 radical (unpaired) electrons. The number of hydrogen-bond donors (Lipinski definition) is 2. The molecule has 0 unspecified atom stereocenters. The van der Waals surface area contributed by atoms with Crippen molar-refractivity contribution in [2.24, 2.45) is 10.2 Å². The van der Waals surface area contributed by atoms with Crippen LogP contribution in [0.4, 0.5) is 17.1 Å². The van der Waals surface area contributed by atoms with Gasteiger partial charge >= 0.3 is 5.97 Å². The van der Waals surface area contributed by atoms with Gasteiger partial charge in [0.1, 0.15) is 16.9 Å². The molecule has 0 atom stereocenters. The van der Waals surface area contributed by atoms with E-state index in [1.165, 1.54) is 0 Å². The zero-order valence-electron chi connectivity index (χ0n) is 19.8. The highest BCUT2D eigenvalue weighted by atomic mass is 16.4. The van der Waals surface area contributed by atoms with E-state index in [9.17, 15) is 15.0 Å². The first-order valence-electron chi connectivity index (χ1n) is 11.6. The molecule has 37 heavy (non-hydrogen) atoms. The smallest absolute Gasteiger partial charge is 0.340 e. The predicted molar refractivity (Wildman–Crippen MR) is 142 cm³/mol. The number of carboxylic acid groups (broad SMARTS) is 1. The normalized spacial score (nSPS) is 11.1. The molecule has 0 bridgehead atoms. The van der Waals surface area contributed by atoms with Crippen molar-refractivity contribution in [3.05, 3.63) is 120 Å². The summed E-state index contributed by atoms with van der Waals surface area (Å²) in [5, 5.41) is 30.3. The number of carbonyl (C=O) groups is 1. The summed E-state index contributed by atoms with van der Waals surface area (Å²) in [6.45, 7) is 1.02. The van der Waals surface area contributed by atoms with E-state index < -0.39 is 11.7 Å². The Hall–Kier alpha value is -5.11. The Morgan fingerprint density at radius 2 is 1.35 bits per heavy atom. The van der Waals surface area contributed by atoms with Crippen molar-refractivity contribution in [3.8, 4) is 5.75 Å². The molecular formula is C29H23N5O3. The Morgan fingerprint density at radius 3 is 2.00 bits per heavy atom. The van der Waals surface area contributed by atoms with E-state index >= 15 is 0 Å². The van der Waals surface area contributed by atoms with E-state index in [4.69, 9.17) is 0 Å². The molecule has 2 N–H and O–H groups in total. The number of phenols is 1. The van der Waals surface area contributed by atoms with Gasteiger partial charge in [0, 0.05) is 17.8 Å². The van der Waals surface area contributed by atoms with Gasteiger partial charge in [0.2, 0.25) is 0 Å². The maximum absolute atomic E-state index is 11.9. The number of anilines is 1. The van der Waals surface area contributed by atoms with Crippen molar-refractivity contribution < 1.29 is 15.0 Å². The van der Waals surface area contributed by atoms with E-state index in [2.05, 4.69) is 25.1 Å². The van der Waals surface area contributed by atoms with Crippen LogP contribution in [0.5, 0.6) is 5.75 Å². The molecule has 3 aromatic carbocycles. The molecule has 2 aromatic heterocycles. The van der Waals surface area contributed by atoms with Gasteiger partial charge in [-0.3, -0.25) is 9.97 Å². The highest BCUT2D eigenvalue weighted by molar-refractivity contribution is 6.08. The zero-order chi connectivity index (χ0) is 25.6. The number of aromatic carboxylic acids is 1. The summed E-state index contributed by atoms with van der Waals surface area (Å²) in [6.07, 6.45) is 3.50. The lowest BCUT2D eigenvalue weighted by Crippen LogP contribution is -2.23. The van der Waals surface area contributed by atoms with Gasteiger partial charge in [-0.05, 0) is 47.9 Å². The van der Waals surface area contributed by atoms with E-state index in [0.717, 1.165) is 17.1 Å². The number of aromatic hydroxyl groups is 1. The second-order valence-electron chi connectivity index (χ2n) is 8.33. The Balaban J connectivity index is 1.55. The SMILES string of the molecule is O=C(O)c1c(O)c(/N=N/c2ccccc2N(Cc2ccccn2)Cc2ccccn2)cc2ccccc12. The number of carboxylic acids is 1. The molecule has 0 amide bonds. The third-order valence-corrected chi connectivity index (χ3v) is 5.86. The average Bonchev–Trinajstić information content (AvgIpc) is 2.92. The molecule has 0 saturated carbocycles. The van der Waals surface area contributed by atoms with Crippen molar-refractivity contribution in [2.45, 2.75) is 13.1 Å². The highest BCUT2D eigenvalue weighted by Gasteiger charge is 2.19. The number of azo groups is 1. The van der Waals surface area contributed by atoms with Crippen LogP contribution in [0, 0.1) is 0 Å². The number of para-hydroxylation sites is 1. The van der Waals surface area contributed by atoms with Crippen molar-refractivity contribution in [1.82, 2.24) is 9.97 Å². The minimum atomic E-state index is -1.23. The first kappa shape index (κ1) is 23.6. The van der Waals surface area contributed by atoms with Gasteiger partial charge in [0.15, 0.2) is 5.75 Å². The molecule has 0 fully saturated rings. The van der Waals surface area contributed by atoms with Crippen molar-refractivity contribution in [3.63, 3.8) is 0 Å². The van der Waals surface area contributed by atoms with Gasteiger partial charge in [-0.25, -0.2) is 4.79 Å². The fourth-order valence-corrected chi connectivity index (χ4v) is 4.14. The van der Waals surface area contributed by atoms with E-state index in [-0.39, 0.29) is 11.3 Å². The lowest BCUT2D eigenvalue weighted by atomic mass is 10.0. The second-order valence-corrected chi connectivity index (χ2v) is 8.33. The minimum Gasteiger partial charge on any atom is -0.505 e. The van der Waals surface area contributed by atoms with Crippen molar-refractivity contribution in [2.75, 3.05) is 4.90 Å². The Bertz CT molecular complexity index is 1530. The van der Waals surface area contributed by atoms with Gasteiger partial charge < -0.3 is 15.1 Å². The number of nitrogens with zero attached hydrogens (tertiary/aromatic N) is 5. The molecular weight excluding hydrogens is 466 g/mol. The topological polar surface area (TPSA) is 111 Å². The third-order valence-electron chi connectivity index (χ3n) is 5.86. The summed E-state index contributed by atoms with van der Waals surface area (Å²) < 4.78 is 0. The van der Waals surface area contributed by atoms with Gasteiger partial charge in [-0.1, -0.05) is 48.5 Å². The van der Waals surface area contributed by atoms with E-state index in [0.29, 0.717) is 29.5 Å². The number of rotatable bonds is 8. The Morgan fingerprint density at radius 1 is 0.757 bits per heavy atom. The lowest BCUT2D eigenvalue weighted by Gasteiger charge is -2.25. The molecule has 182 valence electrons. The molecule has 0 aliphatic rings. The summed E-state index contributed by atoms with van der Waals surface area (Å²) in [6, 6.07) is 27.6. The average molecular weight is 490 g/mol. The molecule has 5 rings (SSSR count). The van der Waals surface area contributed by atoms with Crippen LogP contribution >= 0.6 is 0 Å². The zero-order valence-corrected chi connectivity index (χ0v) is 19.8. The van der Waals surface area contributed by atoms with E-state index in [1.54, 1.807) is 42.7 Å². The van der Waals surface area contributed by atoms with Crippen molar-refractivity contribution >= 4 is 33.8 Å². The van der Waals surface area contributed by atoms with Crippen molar-refractivity contribution in [1.29, 1.82) is 0 Å². The number of hydrogen-bond acceptors (Lipinski definition) is 7. The number of benzene rings is 3. The molecule has 2 heterocycles. The van der Waals surface area contributed by atoms with Crippen LogP contribution in [-0.2, 0) is 13.1 Å². The first-order valence-corrected chi connectivity index (χ1v) is 11.6. The quantitative estimate of drug-likeness (QED) is 0.236. The van der Waals surface area contributed by atoms with E-state index in [1.807, 2.05) is 60.7 Å². The molecule has 0 aliphatic heterocycles. The Labute approximate surface area is 213 Å². The minimum absolute atomic E-state index is 0.0758. The molecule has 5 aromatic rings. The van der Waals surface area contributed by atoms with Gasteiger partial charge in [0.25, 0.3) is 0 Å². The summed E-state index contributed by atoms with van der Waals surface area (Å²) in [5.41, 5.74) is 2.98. The van der Waals surface area contributed by atoms with Crippen LogP contribution in [0.25, 0.3) is 10.8 Å². The maximum atomic E-state index is 11.9. The largest absolute Gasteiger partial charge is 0.505 e.